The number of benzene rings is 1. The summed E-state index contributed by atoms with van der Waals surface area (Å²) in [6.07, 6.45) is 1.44. The van der Waals surface area contributed by atoms with E-state index in [-0.39, 0.29) is 0 Å². The highest BCUT2D eigenvalue weighted by molar-refractivity contribution is 6.31. The van der Waals surface area contributed by atoms with E-state index in [1.807, 2.05) is 37.3 Å². The van der Waals surface area contributed by atoms with E-state index in [4.69, 9.17) is 11.6 Å². The molecule has 112 valence electrons. The number of hydrogen-bond acceptors (Lipinski definition) is 3. The number of nitrogens with one attached hydrogen (secondary N) is 1. The average Bonchev–Trinajstić information content (AvgIpc) is 2.85. The second-order valence-electron chi connectivity index (χ2n) is 4.72. The molecular formula is C15H12ClFN4O. The Labute approximate surface area is 130 Å². The Morgan fingerprint density at radius 1 is 1.36 bits per heavy atom. The number of carbonyl (C=O) groups is 1. The number of amides is 1. The highest BCUT2D eigenvalue weighted by atomic mass is 35.5. The van der Waals surface area contributed by atoms with Crippen molar-refractivity contribution in [3.8, 4) is 5.69 Å². The summed E-state index contributed by atoms with van der Waals surface area (Å²) in [5.74, 6) is -0.920. The van der Waals surface area contributed by atoms with Crippen LogP contribution in [0.2, 0.25) is 0 Å². The lowest BCUT2D eigenvalue weighted by atomic mass is 10.2. The highest BCUT2D eigenvalue weighted by Crippen LogP contribution is 2.23. The number of para-hydroxylation sites is 1. The SMILES string of the molecule is Cc1nn(-c2ccccc2)c2ncc(NC(=O)C(F)Cl)cc12. The van der Waals surface area contributed by atoms with Gasteiger partial charge in [-0.3, -0.25) is 4.79 Å². The van der Waals surface area contributed by atoms with Crippen molar-refractivity contribution in [2.75, 3.05) is 5.32 Å². The van der Waals surface area contributed by atoms with Gasteiger partial charge < -0.3 is 5.32 Å². The molecule has 7 heteroatoms. The van der Waals surface area contributed by atoms with Crippen molar-refractivity contribution in [3.05, 3.63) is 48.3 Å². The number of carbonyl (C=O) groups excluding carboxylic acids is 1. The van der Waals surface area contributed by atoms with Gasteiger partial charge in [-0.1, -0.05) is 29.8 Å². The van der Waals surface area contributed by atoms with Gasteiger partial charge in [0.15, 0.2) is 5.65 Å². The first-order chi connectivity index (χ1) is 10.6. The fraction of sp³-hybridized carbons (Fsp3) is 0.133. The zero-order valence-electron chi connectivity index (χ0n) is 11.6. The van der Waals surface area contributed by atoms with Crippen molar-refractivity contribution in [2.45, 2.75) is 12.6 Å². The minimum atomic E-state index is -2.09. The van der Waals surface area contributed by atoms with Gasteiger partial charge in [-0.25, -0.2) is 14.1 Å². The molecule has 0 aliphatic rings. The lowest BCUT2D eigenvalue weighted by molar-refractivity contribution is -0.118. The number of aromatic nitrogens is 3. The number of pyridine rings is 1. The van der Waals surface area contributed by atoms with E-state index in [0.717, 1.165) is 16.8 Å². The summed E-state index contributed by atoms with van der Waals surface area (Å²) in [6.45, 7) is 1.84. The number of hydrogen-bond donors (Lipinski definition) is 1. The van der Waals surface area contributed by atoms with E-state index < -0.39 is 11.5 Å². The molecule has 1 unspecified atom stereocenters. The molecule has 0 aliphatic heterocycles. The third kappa shape index (κ3) is 2.65. The van der Waals surface area contributed by atoms with Crippen LogP contribution in [0.3, 0.4) is 0 Å². The van der Waals surface area contributed by atoms with Crippen LogP contribution in [0.15, 0.2) is 42.6 Å². The fourth-order valence-electron chi connectivity index (χ4n) is 2.16. The summed E-state index contributed by atoms with van der Waals surface area (Å²) in [5, 5.41) is 7.59. The molecule has 0 fully saturated rings. The fourth-order valence-corrected chi connectivity index (χ4v) is 2.21. The Bertz CT molecular complexity index is 832. The largest absolute Gasteiger partial charge is 0.321 e. The number of alkyl halides is 2. The molecule has 0 saturated carbocycles. The topological polar surface area (TPSA) is 59.8 Å². The number of aryl methyl sites for hydroxylation is 1. The lowest BCUT2D eigenvalue weighted by Crippen LogP contribution is -2.19. The predicted octanol–water partition coefficient (Wildman–Crippen LogP) is 3.20. The number of halogens is 2. The molecule has 0 bridgehead atoms. The molecule has 3 rings (SSSR count). The van der Waals surface area contributed by atoms with Crippen LogP contribution in [0, 0.1) is 6.92 Å². The molecule has 3 aromatic rings. The van der Waals surface area contributed by atoms with E-state index in [9.17, 15) is 9.18 Å². The van der Waals surface area contributed by atoms with Crippen LogP contribution in [0.25, 0.3) is 16.7 Å². The molecule has 0 radical (unpaired) electrons. The maximum Gasteiger partial charge on any atom is 0.274 e. The second kappa shape index (κ2) is 5.73. The van der Waals surface area contributed by atoms with Crippen LogP contribution in [0.4, 0.5) is 10.1 Å². The van der Waals surface area contributed by atoms with Crippen LogP contribution in [-0.2, 0) is 4.79 Å². The van der Waals surface area contributed by atoms with Crippen LogP contribution >= 0.6 is 11.6 Å². The molecule has 2 aromatic heterocycles. The lowest BCUT2D eigenvalue weighted by Gasteiger charge is -2.05. The van der Waals surface area contributed by atoms with Crippen molar-refractivity contribution < 1.29 is 9.18 Å². The van der Waals surface area contributed by atoms with Gasteiger partial charge in [-0.2, -0.15) is 5.10 Å². The molecule has 1 amide bonds. The quantitative estimate of drug-likeness (QED) is 0.754. The van der Waals surface area contributed by atoms with Gasteiger partial charge >= 0.3 is 0 Å². The molecule has 0 aliphatic carbocycles. The summed E-state index contributed by atoms with van der Waals surface area (Å²) in [4.78, 5) is 15.6. The van der Waals surface area contributed by atoms with E-state index in [1.54, 1.807) is 10.7 Å². The molecule has 0 saturated heterocycles. The minimum absolute atomic E-state index is 0.372. The second-order valence-corrected chi connectivity index (χ2v) is 5.10. The molecule has 22 heavy (non-hydrogen) atoms. The van der Waals surface area contributed by atoms with Crippen LogP contribution in [-0.4, -0.2) is 26.3 Å². The number of anilines is 1. The Kier molecular flexibility index (Phi) is 3.77. The summed E-state index contributed by atoms with van der Waals surface area (Å²) in [5.41, 5.74) is 0.573. The zero-order valence-corrected chi connectivity index (χ0v) is 12.4. The van der Waals surface area contributed by atoms with Crippen molar-refractivity contribution in [1.29, 1.82) is 0 Å². The van der Waals surface area contributed by atoms with Gasteiger partial charge in [-0.05, 0) is 25.1 Å². The van der Waals surface area contributed by atoms with Crippen molar-refractivity contribution in [1.82, 2.24) is 14.8 Å². The van der Waals surface area contributed by atoms with Crippen molar-refractivity contribution in [2.24, 2.45) is 0 Å². The van der Waals surface area contributed by atoms with E-state index >= 15 is 0 Å². The predicted molar refractivity (Wildman–Crippen MR) is 83.0 cm³/mol. The smallest absolute Gasteiger partial charge is 0.274 e. The maximum atomic E-state index is 12.7. The maximum absolute atomic E-state index is 12.7. The molecule has 5 nitrogen and oxygen atoms in total. The van der Waals surface area contributed by atoms with Crippen LogP contribution in [0.1, 0.15) is 5.69 Å². The van der Waals surface area contributed by atoms with E-state index in [1.165, 1.54) is 6.20 Å². The van der Waals surface area contributed by atoms with Crippen LogP contribution < -0.4 is 5.32 Å². The third-order valence-corrected chi connectivity index (χ3v) is 3.37. The standard InChI is InChI=1S/C15H12ClFN4O/c1-9-12-7-10(19-15(22)13(16)17)8-18-14(12)21(20-9)11-5-3-2-4-6-11/h2-8,13H,1H3,(H,19,22). The molecule has 1 aromatic carbocycles. The van der Waals surface area contributed by atoms with Crippen molar-refractivity contribution in [3.63, 3.8) is 0 Å². The molecule has 2 heterocycles. The average molecular weight is 319 g/mol. The normalized spacial score (nSPS) is 12.3. The van der Waals surface area contributed by atoms with Gasteiger partial charge in [0.05, 0.1) is 23.3 Å². The summed E-state index contributed by atoms with van der Waals surface area (Å²) in [7, 11) is 0. The van der Waals surface area contributed by atoms with Gasteiger partial charge in [-0.15, -0.1) is 0 Å². The first-order valence-corrected chi connectivity index (χ1v) is 7.00. The number of rotatable bonds is 3. The first-order valence-electron chi connectivity index (χ1n) is 6.56. The van der Waals surface area contributed by atoms with Gasteiger partial charge in [0, 0.05) is 5.39 Å². The Hall–Kier alpha value is -2.47. The minimum Gasteiger partial charge on any atom is -0.321 e. The first kappa shape index (κ1) is 14.5. The third-order valence-electron chi connectivity index (χ3n) is 3.17. The summed E-state index contributed by atoms with van der Waals surface area (Å²) in [6, 6.07) is 11.3. The number of fused-ring (bicyclic) bond motifs is 1. The van der Waals surface area contributed by atoms with E-state index in [2.05, 4.69) is 15.4 Å². The molecular weight excluding hydrogens is 307 g/mol. The number of nitrogens with zero attached hydrogens (tertiary/aromatic N) is 3. The van der Waals surface area contributed by atoms with Gasteiger partial charge in [0.25, 0.3) is 11.5 Å². The molecule has 0 spiro atoms. The Morgan fingerprint density at radius 2 is 2.09 bits per heavy atom. The molecule has 1 N–H and O–H groups in total. The molecule has 1 atom stereocenters. The highest BCUT2D eigenvalue weighted by Gasteiger charge is 2.15. The Morgan fingerprint density at radius 3 is 2.77 bits per heavy atom. The Balaban J connectivity index is 2.04. The zero-order chi connectivity index (χ0) is 15.7. The van der Waals surface area contributed by atoms with E-state index in [0.29, 0.717) is 11.3 Å². The summed E-state index contributed by atoms with van der Waals surface area (Å²) < 4.78 is 14.4. The van der Waals surface area contributed by atoms with Gasteiger partial charge in [0.1, 0.15) is 0 Å². The van der Waals surface area contributed by atoms with Gasteiger partial charge in [0.2, 0.25) is 0 Å². The van der Waals surface area contributed by atoms with Crippen molar-refractivity contribution >= 4 is 34.2 Å². The summed E-state index contributed by atoms with van der Waals surface area (Å²) >= 11 is 5.10. The van der Waals surface area contributed by atoms with Crippen LogP contribution in [0.5, 0.6) is 0 Å². The monoisotopic (exact) mass is 318 g/mol.